The summed E-state index contributed by atoms with van der Waals surface area (Å²) in [5, 5.41) is 8.48. The molecule has 0 aromatic carbocycles. The van der Waals surface area contributed by atoms with Gasteiger partial charge in [0.25, 0.3) is 0 Å². The third-order valence-corrected chi connectivity index (χ3v) is 1.61. The minimum absolute atomic E-state index is 0.448. The average molecular weight is 235 g/mol. The van der Waals surface area contributed by atoms with Gasteiger partial charge in [0.05, 0.1) is 0 Å². The summed E-state index contributed by atoms with van der Waals surface area (Å²) < 4.78 is 51.8. The number of halogens is 4. The highest BCUT2D eigenvalue weighted by Gasteiger charge is 2.33. The Bertz CT molecular complexity index is 438. The fourth-order valence-corrected chi connectivity index (χ4v) is 0.972. The fraction of sp³-hybridized carbons (Fsp3) is 0.250. The molecule has 0 unspecified atom stereocenters. The Morgan fingerprint density at radius 3 is 2.56 bits per heavy atom. The van der Waals surface area contributed by atoms with E-state index in [0.29, 0.717) is 0 Å². The molecule has 2 N–H and O–H groups in total. The maximum absolute atomic E-state index is 12.4. The van der Waals surface area contributed by atoms with Crippen LogP contribution < -0.4 is 10.5 Å². The standard InChI is InChI=1S/C8H5F4N3O/c9-1-4-3-15-5(2-13)6(14)7(4)16-8(10,11)12/h3H,1,14H2. The first-order chi connectivity index (χ1) is 7.39. The number of anilines is 1. The number of nitriles is 1. The van der Waals surface area contributed by atoms with Crippen molar-refractivity contribution in [2.75, 3.05) is 5.73 Å². The molecule has 16 heavy (non-hydrogen) atoms. The van der Waals surface area contributed by atoms with Crippen molar-refractivity contribution in [2.45, 2.75) is 13.0 Å². The van der Waals surface area contributed by atoms with Gasteiger partial charge in [0.1, 0.15) is 18.4 Å². The number of nitrogens with two attached hydrogens (primary N) is 1. The molecule has 8 heteroatoms. The predicted molar refractivity (Wildman–Crippen MR) is 44.9 cm³/mol. The first kappa shape index (κ1) is 12.0. The molecule has 0 atom stereocenters. The van der Waals surface area contributed by atoms with Gasteiger partial charge in [0.15, 0.2) is 11.4 Å². The van der Waals surface area contributed by atoms with E-state index in [4.69, 9.17) is 11.0 Å². The van der Waals surface area contributed by atoms with Crippen LogP contribution in [0, 0.1) is 11.3 Å². The Morgan fingerprint density at radius 2 is 2.12 bits per heavy atom. The van der Waals surface area contributed by atoms with Gasteiger partial charge in [-0.2, -0.15) is 5.26 Å². The van der Waals surface area contributed by atoms with Gasteiger partial charge in [0, 0.05) is 11.8 Å². The molecule has 0 radical (unpaired) electrons. The predicted octanol–water partition coefficient (Wildman–Crippen LogP) is 1.90. The van der Waals surface area contributed by atoms with Crippen LogP contribution in [-0.4, -0.2) is 11.3 Å². The number of alkyl halides is 4. The molecule has 4 nitrogen and oxygen atoms in total. The van der Waals surface area contributed by atoms with Crippen molar-refractivity contribution in [2.24, 2.45) is 0 Å². The molecule has 0 aliphatic rings. The lowest BCUT2D eigenvalue weighted by atomic mass is 10.2. The third kappa shape index (κ3) is 2.50. The van der Waals surface area contributed by atoms with E-state index < -0.39 is 35.7 Å². The van der Waals surface area contributed by atoms with Gasteiger partial charge in [-0.05, 0) is 0 Å². The number of pyridine rings is 1. The van der Waals surface area contributed by atoms with Crippen molar-refractivity contribution in [1.29, 1.82) is 5.26 Å². The molecule has 1 heterocycles. The van der Waals surface area contributed by atoms with Crippen LogP contribution in [0.3, 0.4) is 0 Å². The van der Waals surface area contributed by atoms with Crippen LogP contribution in [0.4, 0.5) is 23.2 Å². The second-order valence-corrected chi connectivity index (χ2v) is 2.67. The summed E-state index contributed by atoms with van der Waals surface area (Å²) in [6.45, 7) is -1.23. The summed E-state index contributed by atoms with van der Waals surface area (Å²) >= 11 is 0. The zero-order chi connectivity index (χ0) is 12.3. The fourth-order valence-electron chi connectivity index (χ4n) is 0.972. The van der Waals surface area contributed by atoms with Gasteiger partial charge in [-0.1, -0.05) is 0 Å². The van der Waals surface area contributed by atoms with Crippen LogP contribution in [0.15, 0.2) is 6.20 Å². The highest BCUT2D eigenvalue weighted by atomic mass is 19.4. The first-order valence-electron chi connectivity index (χ1n) is 3.88. The molecule has 0 aliphatic heterocycles. The van der Waals surface area contributed by atoms with Gasteiger partial charge >= 0.3 is 6.36 Å². The topological polar surface area (TPSA) is 71.9 Å². The molecule has 0 spiro atoms. The maximum atomic E-state index is 12.4. The summed E-state index contributed by atoms with van der Waals surface area (Å²) in [6, 6.07) is 1.47. The number of aromatic nitrogens is 1. The molecule has 0 aliphatic carbocycles. The van der Waals surface area contributed by atoms with Crippen LogP contribution in [0.2, 0.25) is 0 Å². The molecule has 0 fully saturated rings. The molecular formula is C8H5F4N3O. The normalized spacial score (nSPS) is 10.9. The van der Waals surface area contributed by atoms with Crippen LogP contribution >= 0.6 is 0 Å². The maximum Gasteiger partial charge on any atom is 0.573 e. The minimum Gasteiger partial charge on any atom is -0.403 e. The Labute approximate surface area is 87.3 Å². The summed E-state index contributed by atoms with van der Waals surface area (Å²) in [5.41, 5.74) is 3.66. The number of nitrogen functional groups attached to an aromatic ring is 1. The second-order valence-electron chi connectivity index (χ2n) is 2.67. The van der Waals surface area contributed by atoms with Crippen LogP contribution in [-0.2, 0) is 6.67 Å². The summed E-state index contributed by atoms with van der Waals surface area (Å²) in [6.07, 6.45) is -4.23. The Morgan fingerprint density at radius 1 is 1.50 bits per heavy atom. The molecule has 0 saturated heterocycles. The molecule has 86 valence electrons. The number of rotatable bonds is 2. The van der Waals surface area contributed by atoms with Gasteiger partial charge in [-0.15, -0.1) is 13.2 Å². The van der Waals surface area contributed by atoms with Gasteiger partial charge in [0.2, 0.25) is 0 Å². The van der Waals surface area contributed by atoms with E-state index in [-0.39, 0.29) is 0 Å². The zero-order valence-corrected chi connectivity index (χ0v) is 7.68. The molecule has 1 aromatic rings. The molecular weight excluding hydrogens is 230 g/mol. The van der Waals surface area contributed by atoms with Crippen molar-refractivity contribution in [1.82, 2.24) is 4.98 Å². The number of hydrogen-bond acceptors (Lipinski definition) is 4. The van der Waals surface area contributed by atoms with Crippen LogP contribution in [0.25, 0.3) is 0 Å². The Kier molecular flexibility index (Phi) is 3.17. The summed E-state index contributed by atoms with van der Waals surface area (Å²) in [4.78, 5) is 3.38. The highest BCUT2D eigenvalue weighted by molar-refractivity contribution is 5.62. The van der Waals surface area contributed by atoms with Gasteiger partial charge in [-0.3, -0.25) is 0 Å². The van der Waals surface area contributed by atoms with Crippen molar-refractivity contribution < 1.29 is 22.3 Å². The summed E-state index contributed by atoms with van der Waals surface area (Å²) in [5.74, 6) is -0.915. The summed E-state index contributed by atoms with van der Waals surface area (Å²) in [7, 11) is 0. The quantitative estimate of drug-likeness (QED) is 0.794. The molecule has 0 amide bonds. The van der Waals surface area contributed by atoms with E-state index in [2.05, 4.69) is 9.72 Å². The van der Waals surface area contributed by atoms with Gasteiger partial charge < -0.3 is 10.5 Å². The number of hydrogen-bond donors (Lipinski definition) is 1. The lowest BCUT2D eigenvalue weighted by Gasteiger charge is -2.13. The first-order valence-corrected chi connectivity index (χ1v) is 3.88. The van der Waals surface area contributed by atoms with E-state index >= 15 is 0 Å². The third-order valence-electron chi connectivity index (χ3n) is 1.61. The van der Waals surface area contributed by atoms with E-state index in [1.54, 1.807) is 0 Å². The molecule has 1 rings (SSSR count). The molecule has 0 saturated carbocycles. The van der Waals surface area contributed by atoms with Crippen LogP contribution in [0.5, 0.6) is 5.75 Å². The monoisotopic (exact) mass is 235 g/mol. The van der Waals surface area contributed by atoms with Gasteiger partial charge in [-0.25, -0.2) is 9.37 Å². The van der Waals surface area contributed by atoms with Crippen molar-refractivity contribution in [3.63, 3.8) is 0 Å². The number of nitrogens with zero attached hydrogens (tertiary/aromatic N) is 2. The molecule has 1 aromatic heterocycles. The SMILES string of the molecule is N#Cc1ncc(CF)c(OC(F)(F)F)c1N. The van der Waals surface area contributed by atoms with E-state index in [0.717, 1.165) is 6.20 Å². The minimum atomic E-state index is -5.01. The smallest absolute Gasteiger partial charge is 0.403 e. The Balaban J connectivity index is 3.28. The van der Waals surface area contributed by atoms with Crippen LogP contribution in [0.1, 0.15) is 11.3 Å². The van der Waals surface area contributed by atoms with E-state index in [9.17, 15) is 17.6 Å². The lowest BCUT2D eigenvalue weighted by molar-refractivity contribution is -0.274. The largest absolute Gasteiger partial charge is 0.573 e. The average Bonchev–Trinajstić information content (AvgIpc) is 2.19. The van der Waals surface area contributed by atoms with E-state index in [1.165, 1.54) is 6.07 Å². The Hall–Kier alpha value is -2.04. The van der Waals surface area contributed by atoms with Crippen molar-refractivity contribution in [3.05, 3.63) is 17.5 Å². The van der Waals surface area contributed by atoms with Crippen molar-refractivity contribution in [3.8, 4) is 11.8 Å². The van der Waals surface area contributed by atoms with Crippen molar-refractivity contribution >= 4 is 5.69 Å². The highest BCUT2D eigenvalue weighted by Crippen LogP contribution is 2.33. The van der Waals surface area contributed by atoms with E-state index in [1.807, 2.05) is 0 Å². The lowest BCUT2D eigenvalue weighted by Crippen LogP contribution is -2.19. The molecule has 0 bridgehead atoms. The number of ether oxygens (including phenoxy) is 1. The zero-order valence-electron chi connectivity index (χ0n) is 7.68. The second kappa shape index (κ2) is 4.22.